The van der Waals surface area contributed by atoms with Crippen LogP contribution in [0.15, 0.2) is 49.2 Å². The molecule has 17 heavy (non-hydrogen) atoms. The van der Waals surface area contributed by atoms with Gasteiger partial charge in [0.25, 0.3) is 0 Å². The molecule has 0 aliphatic carbocycles. The maximum atomic E-state index is 10.9. The first-order chi connectivity index (χ1) is 8.20. The Kier molecular flexibility index (Phi) is 3.10. The van der Waals surface area contributed by atoms with Gasteiger partial charge in [-0.3, -0.25) is 0 Å². The zero-order chi connectivity index (χ0) is 12.3. The van der Waals surface area contributed by atoms with Gasteiger partial charge in [-0.1, -0.05) is 36.9 Å². The van der Waals surface area contributed by atoms with Gasteiger partial charge < -0.3 is 9.67 Å². The monoisotopic (exact) mass is 227 g/mol. The van der Waals surface area contributed by atoms with Crippen LogP contribution in [-0.4, -0.2) is 15.6 Å². The van der Waals surface area contributed by atoms with E-state index in [-0.39, 0.29) is 0 Å². The minimum Gasteiger partial charge on any atom is -0.477 e. The fourth-order valence-corrected chi connectivity index (χ4v) is 1.70. The normalized spacial score (nSPS) is 10.1. The van der Waals surface area contributed by atoms with E-state index in [2.05, 4.69) is 6.58 Å². The summed E-state index contributed by atoms with van der Waals surface area (Å²) in [5, 5.41) is 8.98. The van der Waals surface area contributed by atoms with Crippen LogP contribution in [0.3, 0.4) is 0 Å². The summed E-state index contributed by atoms with van der Waals surface area (Å²) >= 11 is 0. The first kappa shape index (κ1) is 11.2. The molecule has 3 heteroatoms. The number of carboxylic acids is 1. The van der Waals surface area contributed by atoms with Crippen LogP contribution < -0.4 is 0 Å². The Hall–Kier alpha value is -2.29. The number of hydrogen-bond acceptors (Lipinski definition) is 1. The third-order valence-corrected chi connectivity index (χ3v) is 2.62. The first-order valence-corrected chi connectivity index (χ1v) is 5.30. The van der Waals surface area contributed by atoms with E-state index in [1.165, 1.54) is 0 Å². The second kappa shape index (κ2) is 4.70. The van der Waals surface area contributed by atoms with Gasteiger partial charge in [0.2, 0.25) is 0 Å². The summed E-state index contributed by atoms with van der Waals surface area (Å²) < 4.78 is 1.71. The van der Waals surface area contributed by atoms with Crippen LogP contribution in [0.25, 0.3) is 6.08 Å². The minimum absolute atomic E-state index is 0.304. The molecular weight excluding hydrogens is 214 g/mol. The van der Waals surface area contributed by atoms with Crippen LogP contribution in [-0.2, 0) is 6.54 Å². The van der Waals surface area contributed by atoms with Crippen molar-refractivity contribution in [1.29, 1.82) is 0 Å². The highest BCUT2D eigenvalue weighted by Crippen LogP contribution is 2.10. The minimum atomic E-state index is -0.905. The highest BCUT2D eigenvalue weighted by molar-refractivity contribution is 5.85. The summed E-state index contributed by atoms with van der Waals surface area (Å²) in [7, 11) is 0. The Balaban J connectivity index is 2.22. The number of aromatic nitrogens is 1. The van der Waals surface area contributed by atoms with E-state index in [1.54, 1.807) is 29.0 Å². The van der Waals surface area contributed by atoms with Crippen molar-refractivity contribution in [1.82, 2.24) is 4.57 Å². The molecule has 1 aromatic heterocycles. The van der Waals surface area contributed by atoms with Crippen molar-refractivity contribution in [3.63, 3.8) is 0 Å². The van der Waals surface area contributed by atoms with Crippen molar-refractivity contribution >= 4 is 12.0 Å². The van der Waals surface area contributed by atoms with Crippen LogP contribution >= 0.6 is 0 Å². The fraction of sp³-hybridized carbons (Fsp3) is 0.0714. The molecule has 2 aromatic rings. The second-order valence-corrected chi connectivity index (χ2v) is 3.77. The van der Waals surface area contributed by atoms with Gasteiger partial charge in [-0.05, 0) is 23.3 Å². The summed E-state index contributed by atoms with van der Waals surface area (Å²) in [5.41, 5.74) is 2.42. The number of carbonyl (C=O) groups is 1. The van der Waals surface area contributed by atoms with Crippen LogP contribution in [0.1, 0.15) is 21.6 Å². The lowest BCUT2D eigenvalue weighted by Crippen LogP contribution is -2.08. The van der Waals surface area contributed by atoms with Crippen molar-refractivity contribution < 1.29 is 9.90 Å². The number of carboxylic acid groups (broad SMARTS) is 1. The van der Waals surface area contributed by atoms with E-state index in [4.69, 9.17) is 5.11 Å². The predicted molar refractivity (Wildman–Crippen MR) is 67.0 cm³/mol. The van der Waals surface area contributed by atoms with Crippen LogP contribution in [0.4, 0.5) is 0 Å². The molecule has 0 aliphatic heterocycles. The molecule has 0 aliphatic rings. The van der Waals surface area contributed by atoms with Gasteiger partial charge in [0.1, 0.15) is 5.69 Å². The molecule has 1 N–H and O–H groups in total. The lowest BCUT2D eigenvalue weighted by atomic mass is 10.1. The van der Waals surface area contributed by atoms with Crippen molar-refractivity contribution in [3.05, 3.63) is 66.0 Å². The maximum absolute atomic E-state index is 10.9. The molecule has 0 atom stereocenters. The highest BCUT2D eigenvalue weighted by atomic mass is 16.4. The summed E-state index contributed by atoms with van der Waals surface area (Å²) in [4.78, 5) is 10.9. The second-order valence-electron chi connectivity index (χ2n) is 3.77. The van der Waals surface area contributed by atoms with Gasteiger partial charge in [-0.25, -0.2) is 4.79 Å². The van der Waals surface area contributed by atoms with E-state index in [1.807, 2.05) is 24.3 Å². The predicted octanol–water partition coefficient (Wildman–Crippen LogP) is 2.88. The summed E-state index contributed by atoms with van der Waals surface area (Å²) in [6.07, 6.45) is 3.55. The average molecular weight is 227 g/mol. The number of rotatable bonds is 4. The Bertz CT molecular complexity index is 538. The largest absolute Gasteiger partial charge is 0.477 e. The van der Waals surface area contributed by atoms with Gasteiger partial charge >= 0.3 is 5.97 Å². The van der Waals surface area contributed by atoms with Gasteiger partial charge in [0, 0.05) is 12.7 Å². The summed E-state index contributed by atoms with van der Waals surface area (Å²) in [6.45, 7) is 4.25. The van der Waals surface area contributed by atoms with E-state index >= 15 is 0 Å². The van der Waals surface area contributed by atoms with Gasteiger partial charge in [0.05, 0.1) is 0 Å². The summed E-state index contributed by atoms with van der Waals surface area (Å²) in [5.74, 6) is -0.905. The van der Waals surface area contributed by atoms with Crippen molar-refractivity contribution in [2.24, 2.45) is 0 Å². The summed E-state index contributed by atoms with van der Waals surface area (Å²) in [6, 6.07) is 11.2. The molecule has 2 rings (SSSR count). The number of benzene rings is 1. The van der Waals surface area contributed by atoms with Crippen LogP contribution in [0, 0.1) is 0 Å². The third-order valence-electron chi connectivity index (χ3n) is 2.62. The van der Waals surface area contributed by atoms with Crippen molar-refractivity contribution in [3.8, 4) is 0 Å². The van der Waals surface area contributed by atoms with Gasteiger partial charge in [0.15, 0.2) is 0 Å². The quantitative estimate of drug-likeness (QED) is 0.872. The molecule has 0 radical (unpaired) electrons. The number of nitrogens with zero attached hydrogens (tertiary/aromatic N) is 1. The molecule has 0 unspecified atom stereocenters. The fourth-order valence-electron chi connectivity index (χ4n) is 1.70. The third kappa shape index (κ3) is 2.45. The molecule has 3 nitrogen and oxygen atoms in total. The zero-order valence-electron chi connectivity index (χ0n) is 9.34. The Labute approximate surface area is 99.6 Å². The first-order valence-electron chi connectivity index (χ1n) is 5.30. The van der Waals surface area contributed by atoms with Crippen LogP contribution in [0.2, 0.25) is 0 Å². The standard InChI is InChI=1S/C14H13NO2/c1-2-11-5-7-12(8-6-11)10-15-9-3-4-13(15)14(16)17/h2-9H,1,10H2,(H,16,17). The highest BCUT2D eigenvalue weighted by Gasteiger charge is 2.08. The maximum Gasteiger partial charge on any atom is 0.352 e. The number of aromatic carboxylic acids is 1. The number of hydrogen-bond donors (Lipinski definition) is 1. The Morgan fingerprint density at radius 3 is 2.59 bits per heavy atom. The molecule has 0 saturated heterocycles. The van der Waals surface area contributed by atoms with E-state index in [0.29, 0.717) is 12.2 Å². The Morgan fingerprint density at radius 1 is 1.29 bits per heavy atom. The molecule has 86 valence electrons. The molecule has 0 spiro atoms. The molecule has 1 heterocycles. The van der Waals surface area contributed by atoms with E-state index in [0.717, 1.165) is 11.1 Å². The smallest absolute Gasteiger partial charge is 0.352 e. The molecule has 0 bridgehead atoms. The lowest BCUT2D eigenvalue weighted by molar-refractivity contribution is 0.0685. The SMILES string of the molecule is C=Cc1ccc(Cn2cccc2C(=O)O)cc1. The van der Waals surface area contributed by atoms with Crippen molar-refractivity contribution in [2.45, 2.75) is 6.54 Å². The van der Waals surface area contributed by atoms with Gasteiger partial charge in [-0.15, -0.1) is 0 Å². The molecule has 0 saturated carbocycles. The molecule has 0 fully saturated rings. The molecular formula is C14H13NO2. The van der Waals surface area contributed by atoms with Crippen LogP contribution in [0.5, 0.6) is 0 Å². The van der Waals surface area contributed by atoms with Gasteiger partial charge in [-0.2, -0.15) is 0 Å². The van der Waals surface area contributed by atoms with Crippen molar-refractivity contribution in [2.75, 3.05) is 0 Å². The molecule has 0 amide bonds. The lowest BCUT2D eigenvalue weighted by Gasteiger charge is -2.06. The topological polar surface area (TPSA) is 42.2 Å². The zero-order valence-corrected chi connectivity index (χ0v) is 9.34. The Morgan fingerprint density at radius 2 is 2.00 bits per heavy atom. The average Bonchev–Trinajstić information content (AvgIpc) is 2.78. The van der Waals surface area contributed by atoms with E-state index < -0.39 is 5.97 Å². The van der Waals surface area contributed by atoms with E-state index in [9.17, 15) is 4.79 Å². The molecule has 1 aromatic carbocycles.